The zero-order chi connectivity index (χ0) is 26.3. The van der Waals surface area contributed by atoms with E-state index in [0.717, 1.165) is 39.3 Å². The Balaban J connectivity index is 2.12. The second kappa shape index (κ2) is 9.36. The number of nitrogens with two attached hydrogens (primary N) is 1. The van der Waals surface area contributed by atoms with E-state index in [1.807, 2.05) is 0 Å². The Morgan fingerprint density at radius 1 is 1.26 bits per heavy atom. The van der Waals surface area contributed by atoms with Crippen LogP contribution in [0.5, 0.6) is 5.75 Å². The molecule has 1 saturated heterocycles. The first kappa shape index (κ1) is 26.3. The van der Waals surface area contributed by atoms with Gasteiger partial charge in [0.15, 0.2) is 5.60 Å². The molecule has 3 N–H and O–H groups in total. The fraction of sp³-hybridized carbons (Fsp3) is 0.409. The third-order valence-electron chi connectivity index (χ3n) is 6.16. The van der Waals surface area contributed by atoms with Gasteiger partial charge in [0.25, 0.3) is 18.2 Å². The van der Waals surface area contributed by atoms with Crippen molar-refractivity contribution in [2.45, 2.75) is 44.1 Å². The first-order valence-corrected chi connectivity index (χ1v) is 10.2. The van der Waals surface area contributed by atoms with E-state index in [1.54, 1.807) is 0 Å². The highest BCUT2D eigenvalue weighted by Crippen LogP contribution is 2.55. The van der Waals surface area contributed by atoms with Crippen LogP contribution in [0, 0.1) is 11.7 Å². The predicted molar refractivity (Wildman–Crippen MR) is 111 cm³/mol. The van der Waals surface area contributed by atoms with E-state index in [-0.39, 0.29) is 16.9 Å². The first-order valence-electron chi connectivity index (χ1n) is 10.2. The lowest BCUT2D eigenvalue weighted by atomic mass is 9.76. The lowest BCUT2D eigenvalue weighted by molar-refractivity contribution is -0.272. The highest BCUT2D eigenvalue weighted by Gasteiger charge is 2.66. The molecule has 35 heavy (non-hydrogen) atoms. The van der Waals surface area contributed by atoms with Gasteiger partial charge in [-0.1, -0.05) is 13.0 Å². The van der Waals surface area contributed by atoms with E-state index in [9.17, 15) is 35.9 Å². The van der Waals surface area contributed by atoms with Gasteiger partial charge in [0.1, 0.15) is 23.4 Å². The Labute approximate surface area is 195 Å². The predicted octanol–water partition coefficient (Wildman–Crippen LogP) is 4.34. The van der Waals surface area contributed by atoms with Crippen LogP contribution in [0.3, 0.4) is 0 Å². The molecule has 0 spiro atoms. The molecule has 1 aromatic heterocycles. The quantitative estimate of drug-likeness (QED) is 0.569. The summed E-state index contributed by atoms with van der Waals surface area (Å²) in [6.45, 7) is 1.88. The van der Waals surface area contributed by atoms with Crippen LogP contribution in [0.25, 0.3) is 0 Å². The van der Waals surface area contributed by atoms with E-state index in [2.05, 4.69) is 10.3 Å². The van der Waals surface area contributed by atoms with Gasteiger partial charge in [-0.15, -0.1) is 0 Å². The minimum atomic E-state index is -4.95. The number of carbonyl (C=O) groups is 2. The molecule has 1 fully saturated rings. The largest absolute Gasteiger partial charge is 0.496 e. The number of aromatic nitrogens is 1. The van der Waals surface area contributed by atoms with Gasteiger partial charge < -0.3 is 20.5 Å². The number of primary amides is 1. The summed E-state index contributed by atoms with van der Waals surface area (Å²) in [6, 6.07) is 4.02. The highest BCUT2D eigenvalue weighted by atomic mass is 19.4. The molecule has 13 heteroatoms. The number of anilines is 1. The van der Waals surface area contributed by atoms with Crippen molar-refractivity contribution in [1.29, 1.82) is 0 Å². The molecule has 2 aromatic rings. The lowest BCUT2D eigenvalue weighted by Crippen LogP contribution is -2.47. The monoisotopic (exact) mass is 505 g/mol. The molecular formula is C22H21F6N3O4. The lowest BCUT2D eigenvalue weighted by Gasteiger charge is -2.32. The minimum Gasteiger partial charge on any atom is -0.496 e. The van der Waals surface area contributed by atoms with Gasteiger partial charge in [-0.25, -0.2) is 13.2 Å². The fourth-order valence-corrected chi connectivity index (χ4v) is 4.17. The number of alkyl halides is 5. The van der Waals surface area contributed by atoms with E-state index >= 15 is 0 Å². The minimum absolute atomic E-state index is 0.0197. The van der Waals surface area contributed by atoms with Crippen LogP contribution in [0.1, 0.15) is 47.8 Å². The highest BCUT2D eigenvalue weighted by molar-refractivity contribution is 5.97. The molecule has 0 radical (unpaired) electrons. The Bertz CT molecular complexity index is 1140. The number of amides is 2. The van der Waals surface area contributed by atoms with Crippen LogP contribution < -0.4 is 15.8 Å². The number of ether oxygens (including phenoxy) is 2. The third-order valence-corrected chi connectivity index (χ3v) is 6.16. The molecule has 0 unspecified atom stereocenters. The molecule has 2 amide bonds. The van der Waals surface area contributed by atoms with Gasteiger partial charge in [0, 0.05) is 29.3 Å². The van der Waals surface area contributed by atoms with Gasteiger partial charge >= 0.3 is 6.18 Å². The Morgan fingerprint density at radius 3 is 2.46 bits per heavy atom. The van der Waals surface area contributed by atoms with Gasteiger partial charge in [-0.3, -0.25) is 14.6 Å². The molecule has 1 aliphatic rings. The number of carbonyl (C=O) groups excluding carboxylic acids is 2. The molecule has 0 bridgehead atoms. The standard InChI is InChI=1S/C22H21F6N3O4/c1-9-14(11-4-5-12(23)15(18(24)25)16(11)34-3)17(35-21(9,2)22(26,27)28)20(33)31-10-6-7-30-13(8-10)19(29)32/h4-9,14,17-18H,1-3H3,(H2,29,32)(H,30,31,33)/t9-,14-,17+,21+/m0/s1. The Morgan fingerprint density at radius 2 is 1.91 bits per heavy atom. The van der Waals surface area contributed by atoms with Gasteiger partial charge in [-0.2, -0.15) is 13.2 Å². The molecule has 1 aliphatic heterocycles. The number of halogens is 6. The second-order valence-electron chi connectivity index (χ2n) is 8.13. The van der Waals surface area contributed by atoms with Crippen LogP contribution >= 0.6 is 0 Å². The molecule has 0 saturated carbocycles. The number of benzene rings is 1. The summed E-state index contributed by atoms with van der Waals surface area (Å²) in [5.74, 6) is -6.92. The summed E-state index contributed by atoms with van der Waals surface area (Å²) in [5, 5.41) is 2.33. The fourth-order valence-electron chi connectivity index (χ4n) is 4.17. The molecule has 1 aromatic carbocycles. The van der Waals surface area contributed by atoms with Crippen molar-refractivity contribution in [3.05, 3.63) is 53.1 Å². The maximum atomic E-state index is 14.1. The van der Waals surface area contributed by atoms with Crippen LogP contribution in [-0.4, -0.2) is 41.8 Å². The summed E-state index contributed by atoms with van der Waals surface area (Å²) >= 11 is 0. The third kappa shape index (κ3) is 4.64. The van der Waals surface area contributed by atoms with Crippen LogP contribution in [0.4, 0.5) is 32.0 Å². The summed E-state index contributed by atoms with van der Waals surface area (Å²) in [4.78, 5) is 28.2. The zero-order valence-electron chi connectivity index (χ0n) is 18.6. The molecule has 3 rings (SSSR count). The summed E-state index contributed by atoms with van der Waals surface area (Å²) < 4.78 is 93.6. The van der Waals surface area contributed by atoms with Crippen molar-refractivity contribution in [3.63, 3.8) is 0 Å². The number of hydrogen-bond acceptors (Lipinski definition) is 5. The van der Waals surface area contributed by atoms with Crippen molar-refractivity contribution in [3.8, 4) is 5.75 Å². The maximum Gasteiger partial charge on any atom is 0.417 e. The smallest absolute Gasteiger partial charge is 0.417 e. The van der Waals surface area contributed by atoms with E-state index < -0.39 is 65.1 Å². The molecule has 7 nitrogen and oxygen atoms in total. The summed E-state index contributed by atoms with van der Waals surface area (Å²) in [5.41, 5.74) is 0.654. The number of nitrogens with zero attached hydrogens (tertiary/aromatic N) is 1. The van der Waals surface area contributed by atoms with Gasteiger partial charge in [-0.05, 0) is 25.1 Å². The average Bonchev–Trinajstić information content (AvgIpc) is 3.05. The van der Waals surface area contributed by atoms with Crippen molar-refractivity contribution in [2.75, 3.05) is 12.4 Å². The van der Waals surface area contributed by atoms with Gasteiger partial charge in [0.05, 0.1) is 12.7 Å². The zero-order valence-corrected chi connectivity index (χ0v) is 18.6. The van der Waals surface area contributed by atoms with E-state index in [1.165, 1.54) is 6.07 Å². The SMILES string of the molecule is COc1c([C@H]2[C@H](C(=O)Nc3ccnc(C(N)=O)c3)O[C@@](C)(C(F)(F)F)[C@H]2C)ccc(F)c1C(F)F. The van der Waals surface area contributed by atoms with E-state index in [4.69, 9.17) is 15.2 Å². The number of nitrogens with one attached hydrogen (secondary N) is 1. The summed E-state index contributed by atoms with van der Waals surface area (Å²) in [6.07, 6.45) is -9.00. The second-order valence-corrected chi connectivity index (χ2v) is 8.13. The van der Waals surface area contributed by atoms with Crippen molar-refractivity contribution in [1.82, 2.24) is 4.98 Å². The van der Waals surface area contributed by atoms with Crippen molar-refractivity contribution >= 4 is 17.5 Å². The number of methoxy groups -OCH3 is 1. The number of rotatable bonds is 6. The van der Waals surface area contributed by atoms with E-state index in [0.29, 0.717) is 6.07 Å². The normalized spacial score (nSPS) is 24.5. The number of hydrogen-bond donors (Lipinski definition) is 2. The number of pyridine rings is 1. The molecule has 4 atom stereocenters. The van der Waals surface area contributed by atoms with Crippen LogP contribution in [0.2, 0.25) is 0 Å². The molecule has 190 valence electrons. The molecule has 0 aliphatic carbocycles. The summed E-state index contributed by atoms with van der Waals surface area (Å²) in [7, 11) is 0.963. The molecular weight excluding hydrogens is 484 g/mol. The van der Waals surface area contributed by atoms with Crippen molar-refractivity contribution in [2.24, 2.45) is 11.7 Å². The Hall–Kier alpha value is -3.35. The van der Waals surface area contributed by atoms with Crippen LogP contribution in [-0.2, 0) is 9.53 Å². The topological polar surface area (TPSA) is 104 Å². The maximum absolute atomic E-state index is 14.1. The van der Waals surface area contributed by atoms with Crippen molar-refractivity contribution < 1.29 is 45.4 Å². The van der Waals surface area contributed by atoms with Gasteiger partial charge in [0.2, 0.25) is 0 Å². The molecule has 2 heterocycles. The van der Waals surface area contributed by atoms with Crippen LogP contribution in [0.15, 0.2) is 30.5 Å². The first-order chi connectivity index (χ1) is 16.2. The average molecular weight is 505 g/mol. The Kier molecular flexibility index (Phi) is 7.02.